The number of hydrogen-bond donors (Lipinski definition) is 2. The maximum atomic E-state index is 12.0. The van der Waals surface area contributed by atoms with E-state index in [0.29, 0.717) is 6.42 Å². The molecule has 1 unspecified atom stereocenters. The molecule has 1 rings (SSSR count). The second kappa shape index (κ2) is 7.53. The van der Waals surface area contributed by atoms with E-state index >= 15 is 0 Å². The molecule has 1 aromatic heterocycles. The van der Waals surface area contributed by atoms with Gasteiger partial charge in [-0.1, -0.05) is 26.0 Å². The van der Waals surface area contributed by atoms with Crippen molar-refractivity contribution in [2.75, 3.05) is 0 Å². The van der Waals surface area contributed by atoms with Crippen LogP contribution in [0.3, 0.4) is 0 Å². The van der Waals surface area contributed by atoms with Gasteiger partial charge in [-0.2, -0.15) is 0 Å². The Kier molecular flexibility index (Phi) is 6.03. The number of nitrogens with one attached hydrogen (secondary N) is 1. The number of furan rings is 1. The molecule has 0 radical (unpaired) electrons. The van der Waals surface area contributed by atoms with E-state index in [-0.39, 0.29) is 12.2 Å². The fourth-order valence-electron chi connectivity index (χ4n) is 1.90. The Hall–Kier alpha value is -2.04. The lowest BCUT2D eigenvalue weighted by Gasteiger charge is -2.11. The van der Waals surface area contributed by atoms with Gasteiger partial charge in [0.05, 0.1) is 0 Å². The van der Waals surface area contributed by atoms with Gasteiger partial charge in [0.15, 0.2) is 5.76 Å². The Morgan fingerprint density at radius 3 is 2.55 bits per heavy atom. The van der Waals surface area contributed by atoms with Gasteiger partial charge < -0.3 is 14.8 Å². The normalized spacial score (nSPS) is 12.6. The van der Waals surface area contributed by atoms with Crippen molar-refractivity contribution in [3.05, 3.63) is 35.3 Å². The van der Waals surface area contributed by atoms with Crippen LogP contribution in [0, 0.1) is 0 Å². The Morgan fingerprint density at radius 2 is 2.10 bits per heavy atom. The zero-order valence-electron chi connectivity index (χ0n) is 12.1. The summed E-state index contributed by atoms with van der Waals surface area (Å²) in [6.45, 7) is 5.73. The first-order valence-electron chi connectivity index (χ1n) is 6.79. The first-order chi connectivity index (χ1) is 9.53. The summed E-state index contributed by atoms with van der Waals surface area (Å²) < 4.78 is 5.48. The summed E-state index contributed by atoms with van der Waals surface area (Å²) in [5.41, 5.74) is 0.984. The number of aryl methyl sites for hydroxylation is 2. The molecule has 110 valence electrons. The lowest BCUT2D eigenvalue weighted by Crippen LogP contribution is -2.40. The molecule has 0 aliphatic heterocycles. The van der Waals surface area contributed by atoms with E-state index in [1.54, 1.807) is 25.1 Å². The Labute approximate surface area is 118 Å². The average molecular weight is 279 g/mol. The van der Waals surface area contributed by atoms with E-state index in [2.05, 4.69) is 5.32 Å². The van der Waals surface area contributed by atoms with Gasteiger partial charge in [0.1, 0.15) is 11.8 Å². The van der Waals surface area contributed by atoms with Gasteiger partial charge in [-0.15, -0.1) is 0 Å². The molecule has 1 heterocycles. The predicted molar refractivity (Wildman–Crippen MR) is 75.8 cm³/mol. The van der Waals surface area contributed by atoms with E-state index in [9.17, 15) is 9.59 Å². The van der Waals surface area contributed by atoms with Gasteiger partial charge in [-0.3, -0.25) is 4.79 Å². The highest BCUT2D eigenvalue weighted by Gasteiger charge is 2.22. The first kappa shape index (κ1) is 16.0. The Bertz CT molecular complexity index is 480. The van der Waals surface area contributed by atoms with Crippen LogP contribution in [0.25, 0.3) is 0 Å². The zero-order chi connectivity index (χ0) is 15.1. The summed E-state index contributed by atoms with van der Waals surface area (Å²) in [5.74, 6) is -0.603. The minimum atomic E-state index is -1.06. The number of hydrogen-bond acceptors (Lipinski definition) is 3. The van der Waals surface area contributed by atoms with Gasteiger partial charge in [-0.25, -0.2) is 4.79 Å². The summed E-state index contributed by atoms with van der Waals surface area (Å²) in [4.78, 5) is 23.1. The largest absolute Gasteiger partial charge is 0.480 e. The van der Waals surface area contributed by atoms with Gasteiger partial charge >= 0.3 is 5.97 Å². The smallest absolute Gasteiger partial charge is 0.326 e. The molecule has 20 heavy (non-hydrogen) atoms. The highest BCUT2D eigenvalue weighted by molar-refractivity contribution is 5.94. The third kappa shape index (κ3) is 3.98. The number of allylic oxidation sites excluding steroid dienone is 1. The molecule has 0 aromatic carbocycles. The van der Waals surface area contributed by atoms with Crippen molar-refractivity contribution in [2.45, 2.75) is 46.1 Å². The number of carbonyl (C=O) groups excluding carboxylic acids is 1. The van der Waals surface area contributed by atoms with Crippen LogP contribution in [0.5, 0.6) is 0 Å². The maximum Gasteiger partial charge on any atom is 0.326 e. The first-order valence-corrected chi connectivity index (χ1v) is 6.79. The molecular formula is C15H21NO4. The molecule has 0 spiro atoms. The molecule has 0 aliphatic carbocycles. The van der Waals surface area contributed by atoms with Crippen LogP contribution in [0.4, 0.5) is 0 Å². The molecule has 0 aliphatic rings. The standard InChI is InChI=1S/C15H21NO4/c1-4-7-8-11(15(18)19)16-14(17)13-9-10(5-2)12(6-3)20-13/h4,7,9,11H,5-6,8H2,1-3H3,(H,16,17)(H,18,19)/b7-4+. The minimum absolute atomic E-state index is 0.172. The van der Waals surface area contributed by atoms with Crippen LogP contribution in [0.15, 0.2) is 22.6 Å². The fourth-order valence-corrected chi connectivity index (χ4v) is 1.90. The number of carboxylic acids is 1. The molecular weight excluding hydrogens is 258 g/mol. The number of amides is 1. The lowest BCUT2D eigenvalue weighted by molar-refractivity contribution is -0.139. The quantitative estimate of drug-likeness (QED) is 0.752. The SMILES string of the molecule is C/C=C/CC(NC(=O)c1cc(CC)c(CC)o1)C(=O)O. The predicted octanol–water partition coefficient (Wildman–Crippen LogP) is 2.55. The van der Waals surface area contributed by atoms with E-state index in [4.69, 9.17) is 9.52 Å². The van der Waals surface area contributed by atoms with E-state index in [1.807, 2.05) is 13.8 Å². The van der Waals surface area contributed by atoms with Crippen molar-refractivity contribution >= 4 is 11.9 Å². The van der Waals surface area contributed by atoms with Gasteiger partial charge in [0.2, 0.25) is 0 Å². The van der Waals surface area contributed by atoms with Crippen LogP contribution in [-0.2, 0) is 17.6 Å². The lowest BCUT2D eigenvalue weighted by atomic mass is 10.1. The van der Waals surface area contributed by atoms with Crippen LogP contribution < -0.4 is 5.32 Å². The van der Waals surface area contributed by atoms with Crippen molar-refractivity contribution in [2.24, 2.45) is 0 Å². The fraction of sp³-hybridized carbons (Fsp3) is 0.467. The minimum Gasteiger partial charge on any atom is -0.480 e. The Morgan fingerprint density at radius 1 is 1.40 bits per heavy atom. The molecule has 1 atom stereocenters. The number of carboxylic acid groups (broad SMARTS) is 1. The zero-order valence-corrected chi connectivity index (χ0v) is 12.1. The molecule has 0 saturated heterocycles. The molecule has 0 bridgehead atoms. The molecule has 5 nitrogen and oxygen atoms in total. The maximum absolute atomic E-state index is 12.0. The number of rotatable bonds is 7. The summed E-state index contributed by atoms with van der Waals surface area (Å²) >= 11 is 0. The van der Waals surface area contributed by atoms with E-state index in [0.717, 1.165) is 17.7 Å². The Balaban J connectivity index is 2.83. The summed E-state index contributed by atoms with van der Waals surface area (Å²) in [6.07, 6.45) is 5.19. The molecule has 0 saturated carbocycles. The second-order valence-electron chi connectivity index (χ2n) is 4.44. The molecule has 1 amide bonds. The van der Waals surface area contributed by atoms with Crippen molar-refractivity contribution in [3.63, 3.8) is 0 Å². The van der Waals surface area contributed by atoms with Crippen molar-refractivity contribution in [1.82, 2.24) is 5.32 Å². The van der Waals surface area contributed by atoms with Gasteiger partial charge in [-0.05, 0) is 31.4 Å². The van der Waals surface area contributed by atoms with Gasteiger partial charge in [0, 0.05) is 6.42 Å². The van der Waals surface area contributed by atoms with Crippen molar-refractivity contribution in [3.8, 4) is 0 Å². The van der Waals surface area contributed by atoms with Crippen LogP contribution >= 0.6 is 0 Å². The van der Waals surface area contributed by atoms with E-state index in [1.165, 1.54) is 0 Å². The van der Waals surface area contributed by atoms with Crippen molar-refractivity contribution in [1.29, 1.82) is 0 Å². The average Bonchev–Trinajstić information content (AvgIpc) is 2.86. The van der Waals surface area contributed by atoms with Gasteiger partial charge in [0.25, 0.3) is 5.91 Å². The van der Waals surface area contributed by atoms with Crippen LogP contribution in [-0.4, -0.2) is 23.0 Å². The number of carbonyl (C=O) groups is 2. The molecule has 1 aromatic rings. The highest BCUT2D eigenvalue weighted by atomic mass is 16.4. The van der Waals surface area contributed by atoms with Crippen LogP contribution in [0.2, 0.25) is 0 Å². The molecule has 2 N–H and O–H groups in total. The number of aliphatic carboxylic acids is 1. The topological polar surface area (TPSA) is 79.5 Å². The second-order valence-corrected chi connectivity index (χ2v) is 4.44. The summed E-state index contributed by atoms with van der Waals surface area (Å²) in [7, 11) is 0. The molecule has 0 fully saturated rings. The third-order valence-electron chi connectivity index (χ3n) is 3.03. The monoisotopic (exact) mass is 279 g/mol. The highest BCUT2D eigenvalue weighted by Crippen LogP contribution is 2.17. The third-order valence-corrected chi connectivity index (χ3v) is 3.03. The summed E-state index contributed by atoms with van der Waals surface area (Å²) in [5, 5.41) is 11.5. The summed E-state index contributed by atoms with van der Waals surface area (Å²) in [6, 6.07) is 0.738. The van der Waals surface area contributed by atoms with Crippen LogP contribution in [0.1, 0.15) is 49.1 Å². The van der Waals surface area contributed by atoms with Crippen molar-refractivity contribution < 1.29 is 19.1 Å². The van der Waals surface area contributed by atoms with E-state index < -0.39 is 17.9 Å². The molecule has 5 heteroatoms.